The molecule has 78 valence electrons. The van der Waals surface area contributed by atoms with Gasteiger partial charge in [-0.15, -0.1) is 0 Å². The van der Waals surface area contributed by atoms with Gasteiger partial charge in [0.2, 0.25) is 0 Å². The summed E-state index contributed by atoms with van der Waals surface area (Å²) in [5.74, 6) is -0.211. The minimum atomic E-state index is -1.75. The van der Waals surface area contributed by atoms with Crippen molar-refractivity contribution in [3.8, 4) is 0 Å². The van der Waals surface area contributed by atoms with E-state index in [9.17, 15) is 4.79 Å². The Kier molecular flexibility index (Phi) is 5.24. The molecule has 0 aromatic carbocycles. The van der Waals surface area contributed by atoms with E-state index in [4.69, 9.17) is 4.52 Å². The van der Waals surface area contributed by atoms with Gasteiger partial charge in [-0.2, -0.15) is 0 Å². The molecule has 0 heterocycles. The SMILES string of the molecule is C=C(C)C(=O)O[PH](CC)(CC)CC. The summed E-state index contributed by atoms with van der Waals surface area (Å²) in [5, 5.41) is 0. The van der Waals surface area contributed by atoms with E-state index in [0.29, 0.717) is 5.57 Å². The van der Waals surface area contributed by atoms with Crippen molar-refractivity contribution in [2.75, 3.05) is 18.5 Å². The van der Waals surface area contributed by atoms with Crippen LogP contribution in [0.3, 0.4) is 0 Å². The molecule has 3 heteroatoms. The van der Waals surface area contributed by atoms with E-state index in [1.807, 2.05) is 0 Å². The van der Waals surface area contributed by atoms with Gasteiger partial charge in [0.25, 0.3) is 0 Å². The first-order valence-corrected chi connectivity index (χ1v) is 7.43. The molecule has 0 saturated carbocycles. The second-order valence-corrected chi connectivity index (χ2v) is 8.10. The molecule has 0 bridgehead atoms. The molecule has 2 nitrogen and oxygen atoms in total. The Bertz CT molecular complexity index is 187. The van der Waals surface area contributed by atoms with Crippen LogP contribution in [-0.4, -0.2) is 24.5 Å². The van der Waals surface area contributed by atoms with Gasteiger partial charge in [0, 0.05) is 0 Å². The molecule has 0 aromatic heterocycles. The topological polar surface area (TPSA) is 26.3 Å². The van der Waals surface area contributed by atoms with Gasteiger partial charge < -0.3 is 0 Å². The molecule has 0 saturated heterocycles. The summed E-state index contributed by atoms with van der Waals surface area (Å²) in [5.41, 5.74) is 0.507. The summed E-state index contributed by atoms with van der Waals surface area (Å²) in [6.07, 6.45) is 3.00. The van der Waals surface area contributed by atoms with Gasteiger partial charge in [-0.05, 0) is 0 Å². The molecule has 0 aliphatic carbocycles. The summed E-state index contributed by atoms with van der Waals surface area (Å²) in [7, 11) is -1.75. The first-order chi connectivity index (χ1) is 6.01. The first-order valence-electron chi connectivity index (χ1n) is 4.90. The molecule has 0 fully saturated rings. The Morgan fingerprint density at radius 3 is 1.85 bits per heavy atom. The van der Waals surface area contributed by atoms with Gasteiger partial charge in [-0.3, -0.25) is 0 Å². The maximum absolute atomic E-state index is 11.3. The quantitative estimate of drug-likeness (QED) is 0.508. The molecule has 0 aliphatic rings. The van der Waals surface area contributed by atoms with Crippen LogP contribution in [0.5, 0.6) is 0 Å². The minimum absolute atomic E-state index is 0.211. The van der Waals surface area contributed by atoms with Crippen molar-refractivity contribution in [2.24, 2.45) is 0 Å². The molecule has 0 rings (SSSR count). The third-order valence-electron chi connectivity index (χ3n) is 2.59. The molecule has 0 unspecified atom stereocenters. The molecule has 0 N–H and O–H groups in total. The monoisotopic (exact) mass is 204 g/mol. The van der Waals surface area contributed by atoms with Crippen LogP contribution in [0, 0.1) is 0 Å². The normalized spacial score (nSPS) is 12.3. The van der Waals surface area contributed by atoms with Crippen LogP contribution in [0.1, 0.15) is 27.7 Å². The molecule has 0 atom stereocenters. The molecular formula is C10H21O2P. The van der Waals surface area contributed by atoms with Crippen molar-refractivity contribution in [3.63, 3.8) is 0 Å². The number of hydrogen-bond acceptors (Lipinski definition) is 2. The van der Waals surface area contributed by atoms with E-state index in [0.717, 1.165) is 18.5 Å². The average molecular weight is 204 g/mol. The fraction of sp³-hybridized carbons (Fsp3) is 0.700. The third kappa shape index (κ3) is 3.48. The molecule has 0 spiro atoms. The molecule has 0 aromatic rings. The molecule has 0 aliphatic heterocycles. The summed E-state index contributed by atoms with van der Waals surface area (Å²) >= 11 is 0. The second kappa shape index (κ2) is 5.39. The van der Waals surface area contributed by atoms with Gasteiger partial charge >= 0.3 is 81.1 Å². The summed E-state index contributed by atoms with van der Waals surface area (Å²) in [6, 6.07) is 0. The van der Waals surface area contributed by atoms with Gasteiger partial charge in [0.15, 0.2) is 0 Å². The van der Waals surface area contributed by atoms with Crippen molar-refractivity contribution in [1.82, 2.24) is 0 Å². The van der Waals surface area contributed by atoms with Crippen LogP contribution in [0.2, 0.25) is 0 Å². The van der Waals surface area contributed by atoms with Crippen molar-refractivity contribution in [2.45, 2.75) is 27.7 Å². The van der Waals surface area contributed by atoms with Crippen LogP contribution >= 0.6 is 7.49 Å². The van der Waals surface area contributed by atoms with Crippen LogP contribution in [-0.2, 0) is 9.32 Å². The number of hydrogen-bond donors (Lipinski definition) is 0. The Labute approximate surface area is 81.8 Å². The Hall–Kier alpha value is -0.360. The van der Waals surface area contributed by atoms with Crippen molar-refractivity contribution in [1.29, 1.82) is 0 Å². The van der Waals surface area contributed by atoms with E-state index < -0.39 is 7.49 Å². The molecular weight excluding hydrogens is 183 g/mol. The number of carbonyl (C=O) groups is 1. The predicted octanol–water partition coefficient (Wildman–Crippen LogP) is 2.83. The van der Waals surface area contributed by atoms with Crippen molar-refractivity contribution < 1.29 is 9.32 Å². The number of carbonyl (C=O) groups excluding carboxylic acids is 1. The zero-order chi connectivity index (χ0) is 10.5. The fourth-order valence-corrected chi connectivity index (χ4v) is 3.75. The summed E-state index contributed by atoms with van der Waals surface area (Å²) < 4.78 is 5.55. The van der Waals surface area contributed by atoms with Crippen molar-refractivity contribution in [3.05, 3.63) is 12.2 Å². The fourth-order valence-electron chi connectivity index (χ4n) is 1.25. The van der Waals surface area contributed by atoms with E-state index in [1.165, 1.54) is 0 Å². The predicted molar refractivity (Wildman–Crippen MR) is 60.8 cm³/mol. The zero-order valence-electron chi connectivity index (χ0n) is 9.14. The molecule has 0 radical (unpaired) electrons. The van der Waals surface area contributed by atoms with Gasteiger partial charge in [0.1, 0.15) is 0 Å². The standard InChI is InChI=1S/C10H21O2P/c1-6-13(7-2,8-3)12-10(11)9(4)5/h13H,4,6-8H2,1-3,5H3. The molecule has 0 amide bonds. The maximum atomic E-state index is 11.3. The average Bonchev–Trinajstić information content (AvgIpc) is 2.14. The van der Waals surface area contributed by atoms with Gasteiger partial charge in [0.05, 0.1) is 0 Å². The Morgan fingerprint density at radius 1 is 1.23 bits per heavy atom. The van der Waals surface area contributed by atoms with E-state index in [2.05, 4.69) is 27.4 Å². The van der Waals surface area contributed by atoms with Crippen molar-refractivity contribution >= 4 is 13.5 Å². The Morgan fingerprint density at radius 2 is 1.62 bits per heavy atom. The van der Waals surface area contributed by atoms with Gasteiger partial charge in [-0.1, -0.05) is 0 Å². The van der Waals surface area contributed by atoms with Crippen LogP contribution in [0.25, 0.3) is 0 Å². The first kappa shape index (κ1) is 12.6. The van der Waals surface area contributed by atoms with E-state index in [-0.39, 0.29) is 5.97 Å². The van der Waals surface area contributed by atoms with Gasteiger partial charge in [-0.25, -0.2) is 0 Å². The third-order valence-corrected chi connectivity index (χ3v) is 7.08. The summed E-state index contributed by atoms with van der Waals surface area (Å²) in [6.45, 7) is 11.6. The van der Waals surface area contributed by atoms with Crippen LogP contribution < -0.4 is 0 Å². The zero-order valence-corrected chi connectivity index (χ0v) is 10.1. The molecule has 13 heavy (non-hydrogen) atoms. The second-order valence-electron chi connectivity index (χ2n) is 3.41. The Balaban J connectivity index is 4.42. The summed E-state index contributed by atoms with van der Waals surface area (Å²) in [4.78, 5) is 11.3. The van der Waals surface area contributed by atoms with Crippen LogP contribution in [0.15, 0.2) is 12.2 Å². The number of rotatable bonds is 5. The van der Waals surface area contributed by atoms with Crippen LogP contribution in [0.4, 0.5) is 0 Å². The van der Waals surface area contributed by atoms with E-state index >= 15 is 0 Å². The van der Waals surface area contributed by atoms with E-state index in [1.54, 1.807) is 6.92 Å².